The maximum absolute atomic E-state index is 5.24. The molecule has 1 aromatic carbocycles. The van der Waals surface area contributed by atoms with Crippen LogP contribution in [0.25, 0.3) is 0 Å². The van der Waals surface area contributed by atoms with Gasteiger partial charge in [-0.15, -0.1) is 0 Å². The van der Waals surface area contributed by atoms with E-state index in [9.17, 15) is 0 Å². The van der Waals surface area contributed by atoms with Crippen LogP contribution in [0.15, 0.2) is 30.3 Å². The topological polar surface area (TPSA) is 61.9 Å². The lowest BCUT2D eigenvalue weighted by Crippen LogP contribution is -2.34. The molecule has 5 nitrogen and oxygen atoms in total. The number of hydrogen-bond donors (Lipinski definition) is 3. The average Bonchev–Trinajstić information content (AvgIpc) is 2.45. The lowest BCUT2D eigenvalue weighted by atomic mass is 10.0. The Balaban J connectivity index is 1.90. The minimum atomic E-state index is 0.458. The summed E-state index contributed by atoms with van der Waals surface area (Å²) in [7, 11) is 0. The molecular weight excluding hydrogens is 294 g/mol. The van der Waals surface area contributed by atoms with Crippen molar-refractivity contribution in [3.05, 3.63) is 47.3 Å². The highest BCUT2D eigenvalue weighted by Gasteiger charge is 2.02. The number of nitrogens with zero attached hydrogens (tertiary/aromatic N) is 2. The van der Waals surface area contributed by atoms with Crippen molar-refractivity contribution >= 4 is 29.0 Å². The maximum Gasteiger partial charge on any atom is 0.242 e. The van der Waals surface area contributed by atoms with Crippen LogP contribution >= 0.6 is 12.2 Å². The van der Waals surface area contributed by atoms with Crippen LogP contribution in [0.4, 0.5) is 11.6 Å². The Kier molecular flexibility index (Phi) is 5.27. The first-order chi connectivity index (χ1) is 10.4. The summed E-state index contributed by atoms with van der Waals surface area (Å²) >= 11 is 5.24. The number of anilines is 2. The molecule has 0 unspecified atom stereocenters. The van der Waals surface area contributed by atoms with Crippen molar-refractivity contribution in [2.24, 2.45) is 0 Å². The molecular formula is C16H21N5S. The SMILES string of the molecule is Cc1cc(C)nc(NNC(=S)Nc2ccc(C(C)C)cc2)n1. The van der Waals surface area contributed by atoms with E-state index in [-0.39, 0.29) is 0 Å². The quantitative estimate of drug-likeness (QED) is 0.593. The van der Waals surface area contributed by atoms with E-state index in [0.717, 1.165) is 17.1 Å². The number of benzene rings is 1. The molecule has 116 valence electrons. The molecule has 0 fully saturated rings. The monoisotopic (exact) mass is 315 g/mol. The fourth-order valence-electron chi connectivity index (χ4n) is 2.01. The predicted octanol–water partition coefficient (Wildman–Crippen LogP) is 3.53. The third-order valence-corrected chi connectivity index (χ3v) is 3.31. The van der Waals surface area contributed by atoms with E-state index in [0.29, 0.717) is 17.0 Å². The van der Waals surface area contributed by atoms with E-state index in [1.165, 1.54) is 5.56 Å². The zero-order valence-electron chi connectivity index (χ0n) is 13.3. The molecule has 0 saturated heterocycles. The standard InChI is InChI=1S/C16H21N5S/c1-10(2)13-5-7-14(8-6-13)19-16(22)21-20-15-17-11(3)9-12(4)18-15/h5-10H,1-4H3,(H,17,18,20)(H2,19,21,22). The van der Waals surface area contributed by atoms with Crippen LogP contribution in [0.1, 0.15) is 36.7 Å². The van der Waals surface area contributed by atoms with E-state index in [2.05, 4.69) is 52.1 Å². The van der Waals surface area contributed by atoms with Crippen molar-refractivity contribution in [2.75, 3.05) is 10.7 Å². The molecule has 2 rings (SSSR count). The first-order valence-corrected chi connectivity index (χ1v) is 7.60. The molecule has 0 bridgehead atoms. The summed E-state index contributed by atoms with van der Waals surface area (Å²) in [6.07, 6.45) is 0. The first-order valence-electron chi connectivity index (χ1n) is 7.19. The van der Waals surface area contributed by atoms with Gasteiger partial charge in [0.1, 0.15) is 0 Å². The van der Waals surface area contributed by atoms with Crippen LogP contribution in [0, 0.1) is 13.8 Å². The second-order valence-electron chi connectivity index (χ2n) is 5.46. The molecule has 0 spiro atoms. The summed E-state index contributed by atoms with van der Waals surface area (Å²) in [6.45, 7) is 8.18. The van der Waals surface area contributed by atoms with Gasteiger partial charge in [0.25, 0.3) is 0 Å². The van der Waals surface area contributed by atoms with Gasteiger partial charge in [0, 0.05) is 17.1 Å². The summed E-state index contributed by atoms with van der Waals surface area (Å²) < 4.78 is 0. The average molecular weight is 315 g/mol. The second-order valence-corrected chi connectivity index (χ2v) is 5.86. The summed E-state index contributed by atoms with van der Waals surface area (Å²) in [5.74, 6) is 1.01. The van der Waals surface area contributed by atoms with Crippen molar-refractivity contribution in [3.8, 4) is 0 Å². The van der Waals surface area contributed by atoms with Gasteiger partial charge in [0.05, 0.1) is 0 Å². The zero-order valence-corrected chi connectivity index (χ0v) is 14.1. The van der Waals surface area contributed by atoms with Gasteiger partial charge >= 0.3 is 0 Å². The van der Waals surface area contributed by atoms with Gasteiger partial charge < -0.3 is 5.32 Å². The van der Waals surface area contributed by atoms with E-state index in [4.69, 9.17) is 12.2 Å². The highest BCUT2D eigenvalue weighted by molar-refractivity contribution is 7.80. The van der Waals surface area contributed by atoms with Crippen LogP contribution < -0.4 is 16.2 Å². The highest BCUT2D eigenvalue weighted by Crippen LogP contribution is 2.17. The Morgan fingerprint density at radius 1 is 1.05 bits per heavy atom. The molecule has 3 N–H and O–H groups in total. The van der Waals surface area contributed by atoms with Gasteiger partial charge in [-0.25, -0.2) is 9.97 Å². The first kappa shape index (κ1) is 16.2. The van der Waals surface area contributed by atoms with Gasteiger partial charge in [-0.05, 0) is 55.7 Å². The minimum Gasteiger partial charge on any atom is -0.331 e. The van der Waals surface area contributed by atoms with Gasteiger partial charge in [-0.1, -0.05) is 26.0 Å². The number of rotatable bonds is 4. The Hall–Kier alpha value is -2.21. The Morgan fingerprint density at radius 2 is 1.64 bits per heavy atom. The van der Waals surface area contributed by atoms with Crippen molar-refractivity contribution in [3.63, 3.8) is 0 Å². The number of aryl methyl sites for hydroxylation is 2. The number of hydrogen-bond acceptors (Lipinski definition) is 4. The summed E-state index contributed by atoms with van der Waals surface area (Å²) in [5.41, 5.74) is 9.82. The van der Waals surface area contributed by atoms with Crippen molar-refractivity contribution < 1.29 is 0 Å². The van der Waals surface area contributed by atoms with Gasteiger partial charge in [0.15, 0.2) is 5.11 Å². The molecule has 0 radical (unpaired) electrons. The number of nitrogens with one attached hydrogen (secondary N) is 3. The molecule has 1 aromatic heterocycles. The lowest BCUT2D eigenvalue weighted by Gasteiger charge is -2.13. The molecule has 6 heteroatoms. The van der Waals surface area contributed by atoms with Gasteiger partial charge in [-0.2, -0.15) is 0 Å². The third kappa shape index (κ3) is 4.66. The van der Waals surface area contributed by atoms with Crippen LogP contribution in [0.3, 0.4) is 0 Å². The second kappa shape index (κ2) is 7.17. The molecule has 0 aliphatic heterocycles. The van der Waals surface area contributed by atoms with Gasteiger partial charge in [0.2, 0.25) is 5.95 Å². The Bertz CT molecular complexity index is 632. The minimum absolute atomic E-state index is 0.458. The van der Waals surface area contributed by atoms with E-state index in [1.807, 2.05) is 32.0 Å². The normalized spacial score (nSPS) is 10.4. The largest absolute Gasteiger partial charge is 0.331 e. The van der Waals surface area contributed by atoms with E-state index < -0.39 is 0 Å². The number of thiocarbonyl (C=S) groups is 1. The van der Waals surface area contributed by atoms with Crippen LogP contribution in [-0.4, -0.2) is 15.1 Å². The lowest BCUT2D eigenvalue weighted by molar-refractivity contribution is 0.867. The Morgan fingerprint density at radius 3 is 2.18 bits per heavy atom. The molecule has 2 aromatic rings. The highest BCUT2D eigenvalue weighted by atomic mass is 32.1. The zero-order chi connectivity index (χ0) is 16.1. The number of hydrazine groups is 1. The molecule has 0 aliphatic rings. The fourth-order valence-corrected chi connectivity index (χ4v) is 2.18. The molecule has 22 heavy (non-hydrogen) atoms. The third-order valence-electron chi connectivity index (χ3n) is 3.11. The van der Waals surface area contributed by atoms with E-state index >= 15 is 0 Å². The van der Waals surface area contributed by atoms with Crippen molar-refractivity contribution in [1.29, 1.82) is 0 Å². The molecule has 1 heterocycles. The van der Waals surface area contributed by atoms with Crippen molar-refractivity contribution in [1.82, 2.24) is 15.4 Å². The number of aromatic nitrogens is 2. The van der Waals surface area contributed by atoms with Crippen LogP contribution in [-0.2, 0) is 0 Å². The maximum atomic E-state index is 5.24. The fraction of sp³-hybridized carbons (Fsp3) is 0.312. The van der Waals surface area contributed by atoms with Crippen LogP contribution in [0.5, 0.6) is 0 Å². The van der Waals surface area contributed by atoms with Gasteiger partial charge in [-0.3, -0.25) is 10.9 Å². The molecule has 0 aliphatic carbocycles. The van der Waals surface area contributed by atoms with Crippen molar-refractivity contribution in [2.45, 2.75) is 33.6 Å². The molecule has 0 amide bonds. The summed E-state index contributed by atoms with van der Waals surface area (Å²) in [5, 5.41) is 3.57. The summed E-state index contributed by atoms with van der Waals surface area (Å²) in [4.78, 5) is 8.54. The smallest absolute Gasteiger partial charge is 0.242 e. The Labute approximate surface area is 136 Å². The van der Waals surface area contributed by atoms with Crippen LogP contribution in [0.2, 0.25) is 0 Å². The molecule has 0 atom stereocenters. The predicted molar refractivity (Wildman–Crippen MR) is 95.0 cm³/mol. The molecule has 0 saturated carbocycles. The van der Waals surface area contributed by atoms with E-state index in [1.54, 1.807) is 0 Å². The summed E-state index contributed by atoms with van der Waals surface area (Å²) in [6, 6.07) is 10.1.